The molecule has 3 rings (SSSR count). The largest absolute Gasteiger partial charge is 0.790 e. The monoisotopic (exact) mass is 520 g/mol. The van der Waals surface area contributed by atoms with Crippen molar-refractivity contribution >= 4 is 52.0 Å². The predicted octanol–water partition coefficient (Wildman–Crippen LogP) is -3.66. The van der Waals surface area contributed by atoms with Gasteiger partial charge in [-0.1, -0.05) is 0 Å². The van der Waals surface area contributed by atoms with E-state index in [2.05, 4.69) is 40.3 Å². The number of thiol groups is 1. The van der Waals surface area contributed by atoms with Crippen LogP contribution in [0.15, 0.2) is 12.7 Å². The second-order valence-electron chi connectivity index (χ2n) is 5.95. The lowest BCUT2D eigenvalue weighted by atomic mass is 10.1. The zero-order chi connectivity index (χ0) is 23.2. The van der Waals surface area contributed by atoms with Gasteiger partial charge in [0, 0.05) is 0 Å². The molecule has 3 heterocycles. The maximum Gasteiger partial charge on any atom is 0.315 e. The van der Waals surface area contributed by atoms with Crippen molar-refractivity contribution in [2.75, 3.05) is 12.3 Å². The molecular weight excluding hydrogens is 507 g/mol. The predicted molar refractivity (Wildman–Crippen MR) is 94.9 cm³/mol. The first-order chi connectivity index (χ1) is 14.2. The molecule has 6 atom stereocenters. The maximum atomic E-state index is 12.0. The van der Waals surface area contributed by atoms with Crippen LogP contribution in [0.4, 0.5) is 5.82 Å². The highest BCUT2D eigenvalue weighted by atomic mass is 32.7. The first kappa shape index (κ1) is 24.8. The Morgan fingerprint density at radius 1 is 1.26 bits per heavy atom. The number of hydrogen-bond donors (Lipinski definition) is 4. The van der Waals surface area contributed by atoms with Gasteiger partial charge in [-0.15, -0.1) is 4.31 Å². The van der Waals surface area contributed by atoms with E-state index >= 15 is 0 Å². The van der Waals surface area contributed by atoms with E-state index in [0.29, 0.717) is 0 Å². The highest BCUT2D eigenvalue weighted by molar-refractivity contribution is 8.47. The van der Waals surface area contributed by atoms with Gasteiger partial charge in [-0.3, -0.25) is 13.4 Å². The molecule has 1 aliphatic rings. The number of nitrogens with zero attached hydrogens (tertiary/aromatic N) is 4. The number of anilines is 1. The summed E-state index contributed by atoms with van der Waals surface area (Å²) in [7, 11) is -16.8. The first-order valence-electron chi connectivity index (χ1n) is 7.87. The Hall–Kier alpha value is -0.810. The molecule has 2 aromatic rings. The molecule has 0 radical (unpaired) electrons. The zero-order valence-corrected chi connectivity index (χ0v) is 18.4. The highest BCUT2D eigenvalue weighted by Gasteiger charge is 2.46. The van der Waals surface area contributed by atoms with Crippen LogP contribution in [0.2, 0.25) is 0 Å². The standard InChI is InChI=1S/C10H16N5O12P3S/c11-8-5-9(13-2-12-8)15(3-14-5)10-7(17)6(16)4(25-10)1-24-30(23,31)27-29(21,22)26-28(18,19)20/h2-4,6-7,10,16-17H,1H2,(H,21,22)(H,23,31)(H2,11,12,13)(H2,18,19,20)/p-3. The Morgan fingerprint density at radius 3 is 2.58 bits per heavy atom. The normalized spacial score (nSPS) is 28.5. The molecule has 0 saturated carbocycles. The number of aromatic nitrogens is 4. The van der Waals surface area contributed by atoms with Crippen molar-refractivity contribution in [1.29, 1.82) is 0 Å². The zero-order valence-electron chi connectivity index (χ0n) is 14.8. The van der Waals surface area contributed by atoms with Crippen LogP contribution in [0.3, 0.4) is 0 Å². The van der Waals surface area contributed by atoms with E-state index in [-0.39, 0.29) is 17.0 Å². The van der Waals surface area contributed by atoms with Crippen LogP contribution in [-0.2, 0) is 27.0 Å². The van der Waals surface area contributed by atoms with Gasteiger partial charge in [-0.05, 0) is 0 Å². The van der Waals surface area contributed by atoms with Gasteiger partial charge in [-0.2, -0.15) is 4.52 Å². The third-order valence-corrected chi connectivity index (χ3v) is 8.51. The SMILES string of the molecule is Nc1ncnc2c1ncn2C1OC(CO[P+]([O-])(S)OP(=O)([O-])OP(=O)([O-])[O-])C(O)C1O. The van der Waals surface area contributed by atoms with Gasteiger partial charge >= 0.3 is 15.0 Å². The summed E-state index contributed by atoms with van der Waals surface area (Å²) >= 11 is 3.32. The van der Waals surface area contributed by atoms with Gasteiger partial charge in [0.15, 0.2) is 17.7 Å². The van der Waals surface area contributed by atoms with E-state index in [1.165, 1.54) is 10.9 Å². The molecule has 1 aliphatic heterocycles. The number of fused-ring (bicyclic) bond motifs is 1. The van der Waals surface area contributed by atoms with Gasteiger partial charge in [0.1, 0.15) is 36.8 Å². The number of phosphoric acid groups is 2. The van der Waals surface area contributed by atoms with Crippen molar-refractivity contribution in [2.24, 2.45) is 0 Å². The molecule has 21 heteroatoms. The number of aliphatic hydroxyl groups excluding tert-OH is 2. The van der Waals surface area contributed by atoms with Crippen LogP contribution >= 0.6 is 35.0 Å². The smallest absolute Gasteiger partial charge is 0.315 e. The summed E-state index contributed by atoms with van der Waals surface area (Å²) in [6, 6.07) is 0. The van der Waals surface area contributed by atoms with Crippen molar-refractivity contribution < 1.29 is 56.8 Å². The number of imidazole rings is 1. The third-order valence-electron chi connectivity index (χ3n) is 3.80. The topological polar surface area (TPSA) is 273 Å². The fraction of sp³-hybridized carbons (Fsp3) is 0.500. The number of nitrogen functional groups attached to an aromatic ring is 1. The Kier molecular flexibility index (Phi) is 7.09. The maximum absolute atomic E-state index is 12.0. The van der Waals surface area contributed by atoms with Gasteiger partial charge in [0.05, 0.1) is 26.4 Å². The number of aliphatic hydroxyl groups is 2. The molecule has 0 aromatic carbocycles. The average Bonchev–Trinajstić information content (AvgIpc) is 3.13. The van der Waals surface area contributed by atoms with Crippen LogP contribution in [0.25, 0.3) is 11.2 Å². The molecule has 0 amide bonds. The van der Waals surface area contributed by atoms with E-state index in [1.54, 1.807) is 0 Å². The minimum absolute atomic E-state index is 0.0507. The lowest BCUT2D eigenvalue weighted by Crippen LogP contribution is -2.34. The van der Waals surface area contributed by atoms with Crippen molar-refractivity contribution in [2.45, 2.75) is 24.5 Å². The molecule has 31 heavy (non-hydrogen) atoms. The summed E-state index contributed by atoms with van der Waals surface area (Å²) in [4.78, 5) is 55.8. The Labute approximate surface area is 178 Å². The van der Waals surface area contributed by atoms with Gasteiger partial charge in [0.25, 0.3) is 0 Å². The molecule has 1 saturated heterocycles. The van der Waals surface area contributed by atoms with Crippen LogP contribution in [0, 0.1) is 0 Å². The van der Waals surface area contributed by atoms with Gasteiger partial charge in [0.2, 0.25) is 0 Å². The van der Waals surface area contributed by atoms with Crippen LogP contribution in [0.1, 0.15) is 6.23 Å². The molecule has 6 unspecified atom stereocenters. The second kappa shape index (κ2) is 8.85. The summed E-state index contributed by atoms with van der Waals surface area (Å²) in [6.07, 6.45) is -3.51. The molecule has 0 aliphatic carbocycles. The highest BCUT2D eigenvalue weighted by Crippen LogP contribution is 2.69. The van der Waals surface area contributed by atoms with E-state index < -0.39 is 53.9 Å². The Morgan fingerprint density at radius 2 is 1.94 bits per heavy atom. The van der Waals surface area contributed by atoms with Crippen molar-refractivity contribution in [1.82, 2.24) is 19.5 Å². The minimum atomic E-state index is -6.03. The minimum Gasteiger partial charge on any atom is -0.790 e. The van der Waals surface area contributed by atoms with Crippen molar-refractivity contribution in [3.8, 4) is 0 Å². The summed E-state index contributed by atoms with van der Waals surface area (Å²) in [5.41, 5.74) is 6.03. The third kappa shape index (κ3) is 5.96. The molecule has 17 nitrogen and oxygen atoms in total. The van der Waals surface area contributed by atoms with Crippen LogP contribution in [0.5, 0.6) is 0 Å². The van der Waals surface area contributed by atoms with Gasteiger partial charge in [-0.25, -0.2) is 15.0 Å². The van der Waals surface area contributed by atoms with E-state index in [9.17, 15) is 38.9 Å². The summed E-state index contributed by atoms with van der Waals surface area (Å²) in [5.74, 6) is 0.0507. The van der Waals surface area contributed by atoms with Crippen molar-refractivity contribution in [3.63, 3.8) is 0 Å². The number of hydrogen-bond acceptors (Lipinski definition) is 17. The average molecular weight is 520 g/mol. The van der Waals surface area contributed by atoms with Crippen LogP contribution < -0.4 is 25.3 Å². The molecule has 2 aromatic heterocycles. The summed E-state index contributed by atoms with van der Waals surface area (Å²) in [6.45, 7) is -0.842. The number of ether oxygens (including phenoxy) is 1. The summed E-state index contributed by atoms with van der Waals surface area (Å²) in [5, 5.41) is 20.5. The fourth-order valence-electron chi connectivity index (χ4n) is 2.61. The molecular formula is C10H13N5O12P3S-3. The molecule has 174 valence electrons. The van der Waals surface area contributed by atoms with Gasteiger partial charge < -0.3 is 44.8 Å². The molecule has 4 N–H and O–H groups in total. The van der Waals surface area contributed by atoms with E-state index in [1.807, 2.05) is 0 Å². The van der Waals surface area contributed by atoms with Crippen LogP contribution in [-0.4, -0.2) is 54.7 Å². The first-order valence-corrected chi connectivity index (χ1v) is 13.5. The summed E-state index contributed by atoms with van der Waals surface area (Å²) < 4.78 is 40.0. The van der Waals surface area contributed by atoms with E-state index in [0.717, 1.165) is 6.33 Å². The lowest BCUT2D eigenvalue weighted by Gasteiger charge is -2.36. The second-order valence-corrected chi connectivity index (χ2v) is 11.7. The Bertz CT molecular complexity index is 1050. The Balaban J connectivity index is 1.68. The fourth-order valence-corrected chi connectivity index (χ4v) is 6.52. The molecule has 0 bridgehead atoms. The van der Waals surface area contributed by atoms with E-state index in [4.69, 9.17) is 10.5 Å². The quantitative estimate of drug-likeness (QED) is 0.193. The number of rotatable bonds is 8. The molecule has 0 spiro atoms. The number of nitrogens with two attached hydrogens (primary N) is 1. The molecule has 1 fully saturated rings. The lowest BCUT2D eigenvalue weighted by molar-refractivity contribution is -0.339. The van der Waals surface area contributed by atoms with Crippen molar-refractivity contribution in [3.05, 3.63) is 12.7 Å².